The van der Waals surface area contributed by atoms with Gasteiger partial charge in [-0.1, -0.05) is 19.9 Å². The Hall–Kier alpha value is -0.750. The molecule has 5 nitrogen and oxygen atoms in total. The summed E-state index contributed by atoms with van der Waals surface area (Å²) < 4.78 is 11.3. The van der Waals surface area contributed by atoms with Gasteiger partial charge in [-0.15, -0.1) is 0 Å². The molecule has 2 N–H and O–H groups in total. The van der Waals surface area contributed by atoms with Gasteiger partial charge in [0.05, 0.1) is 12.2 Å². The number of carbonyl (C=O) groups excluding carboxylic acids is 1. The van der Waals surface area contributed by atoms with Gasteiger partial charge >= 0.3 is 0 Å². The molecule has 20 heavy (non-hydrogen) atoms. The summed E-state index contributed by atoms with van der Waals surface area (Å²) in [6.07, 6.45) is 1.92. The highest BCUT2D eigenvalue weighted by Gasteiger charge is 2.70. The zero-order valence-electron chi connectivity index (χ0n) is 12.3. The van der Waals surface area contributed by atoms with Gasteiger partial charge in [0.1, 0.15) is 23.4 Å². The lowest BCUT2D eigenvalue weighted by molar-refractivity contribution is -0.131. The van der Waals surface area contributed by atoms with E-state index in [4.69, 9.17) is 9.47 Å². The molecule has 0 aromatic rings. The van der Waals surface area contributed by atoms with E-state index in [0.717, 1.165) is 0 Å². The van der Waals surface area contributed by atoms with Gasteiger partial charge in [-0.2, -0.15) is 0 Å². The van der Waals surface area contributed by atoms with Crippen LogP contribution in [0, 0.1) is 5.41 Å². The standard InChI is InChI=1S/C15H22O5/c1-13(2)6-5-9(16)14(3,18)7-8-11(19-8)15(4)12(20-15)10(13)17/h5-6,8,10-12,17-18H,7H2,1-4H3/b6-5+/t8-,10-,11-,12-,14+,15-/m1/s1. The molecular weight excluding hydrogens is 260 g/mol. The molecule has 6 atom stereocenters. The second-order valence-electron chi connectivity index (χ2n) is 7.26. The summed E-state index contributed by atoms with van der Waals surface area (Å²) >= 11 is 0. The van der Waals surface area contributed by atoms with Gasteiger partial charge in [-0.3, -0.25) is 4.79 Å². The van der Waals surface area contributed by atoms with E-state index < -0.39 is 22.7 Å². The minimum atomic E-state index is -1.44. The molecule has 0 aromatic carbocycles. The molecular formula is C15H22O5. The monoisotopic (exact) mass is 282 g/mol. The van der Waals surface area contributed by atoms with Crippen LogP contribution in [0.25, 0.3) is 0 Å². The van der Waals surface area contributed by atoms with Crippen molar-refractivity contribution < 1.29 is 24.5 Å². The summed E-state index contributed by atoms with van der Waals surface area (Å²) in [4.78, 5) is 12.1. The Kier molecular flexibility index (Phi) is 2.78. The third-order valence-corrected chi connectivity index (χ3v) is 4.88. The largest absolute Gasteiger partial charge is 0.389 e. The zero-order chi connectivity index (χ0) is 14.9. The average Bonchev–Trinajstić information content (AvgIpc) is 3.21. The highest BCUT2D eigenvalue weighted by atomic mass is 16.7. The lowest BCUT2D eigenvalue weighted by Gasteiger charge is -2.27. The van der Waals surface area contributed by atoms with Crippen molar-refractivity contribution in [2.24, 2.45) is 5.41 Å². The highest BCUT2D eigenvalue weighted by Crippen LogP contribution is 2.54. The van der Waals surface area contributed by atoms with Crippen molar-refractivity contribution in [2.75, 3.05) is 0 Å². The molecule has 0 bridgehead atoms. The predicted molar refractivity (Wildman–Crippen MR) is 71.1 cm³/mol. The van der Waals surface area contributed by atoms with Crippen molar-refractivity contribution in [3.05, 3.63) is 12.2 Å². The Bertz CT molecular complexity index is 481. The Labute approximate surface area is 118 Å². The van der Waals surface area contributed by atoms with Gasteiger partial charge in [-0.05, 0) is 19.9 Å². The fourth-order valence-electron chi connectivity index (χ4n) is 3.10. The van der Waals surface area contributed by atoms with Gasteiger partial charge in [0.15, 0.2) is 5.78 Å². The van der Waals surface area contributed by atoms with Crippen LogP contribution in [0.1, 0.15) is 34.1 Å². The molecule has 0 radical (unpaired) electrons. The van der Waals surface area contributed by atoms with Crippen LogP contribution in [0.5, 0.6) is 0 Å². The van der Waals surface area contributed by atoms with E-state index in [0.29, 0.717) is 0 Å². The van der Waals surface area contributed by atoms with Crippen LogP contribution in [-0.4, -0.2) is 51.6 Å². The molecule has 0 saturated carbocycles. The average molecular weight is 282 g/mol. The fraction of sp³-hybridized carbons (Fsp3) is 0.800. The van der Waals surface area contributed by atoms with E-state index in [-0.39, 0.29) is 30.5 Å². The number of hydrogen-bond acceptors (Lipinski definition) is 5. The van der Waals surface area contributed by atoms with Gasteiger partial charge in [0.2, 0.25) is 0 Å². The van der Waals surface area contributed by atoms with Crippen molar-refractivity contribution in [2.45, 2.75) is 69.7 Å². The third kappa shape index (κ3) is 2.04. The maximum atomic E-state index is 12.1. The van der Waals surface area contributed by atoms with Crippen LogP contribution in [0.3, 0.4) is 0 Å². The Balaban J connectivity index is 1.93. The van der Waals surface area contributed by atoms with Crippen LogP contribution in [0.2, 0.25) is 0 Å². The number of ketones is 1. The molecule has 112 valence electrons. The molecule has 0 spiro atoms. The van der Waals surface area contributed by atoms with E-state index in [1.54, 1.807) is 6.08 Å². The minimum absolute atomic E-state index is 0.157. The van der Waals surface area contributed by atoms with Crippen molar-refractivity contribution in [3.63, 3.8) is 0 Å². The Morgan fingerprint density at radius 1 is 1.25 bits per heavy atom. The minimum Gasteiger partial charge on any atom is -0.389 e. The van der Waals surface area contributed by atoms with E-state index in [1.807, 2.05) is 20.8 Å². The van der Waals surface area contributed by atoms with Crippen LogP contribution < -0.4 is 0 Å². The van der Waals surface area contributed by atoms with Crippen LogP contribution in [0.15, 0.2) is 12.2 Å². The van der Waals surface area contributed by atoms with Crippen molar-refractivity contribution in [1.29, 1.82) is 0 Å². The summed E-state index contributed by atoms with van der Waals surface area (Å²) in [5.41, 5.74) is -2.57. The molecule has 0 aromatic heterocycles. The molecule has 5 heteroatoms. The van der Waals surface area contributed by atoms with Crippen LogP contribution in [0.4, 0.5) is 0 Å². The molecule has 3 aliphatic rings. The number of epoxide rings is 2. The number of fused-ring (bicyclic) bond motifs is 3. The maximum Gasteiger partial charge on any atom is 0.186 e. The first-order chi connectivity index (χ1) is 9.08. The van der Waals surface area contributed by atoms with E-state index in [2.05, 4.69) is 0 Å². The normalized spacial score (nSPS) is 55.2. The Morgan fingerprint density at radius 2 is 1.90 bits per heavy atom. The first-order valence-corrected chi connectivity index (χ1v) is 7.05. The summed E-state index contributed by atoms with van der Waals surface area (Å²) in [7, 11) is 0. The molecule has 0 amide bonds. The van der Waals surface area contributed by atoms with Gasteiger partial charge in [-0.25, -0.2) is 0 Å². The second-order valence-corrected chi connectivity index (χ2v) is 7.26. The molecule has 2 fully saturated rings. The summed E-state index contributed by atoms with van der Waals surface area (Å²) in [6, 6.07) is 0. The van der Waals surface area contributed by atoms with Crippen LogP contribution in [-0.2, 0) is 14.3 Å². The van der Waals surface area contributed by atoms with Gasteiger partial charge in [0, 0.05) is 11.8 Å². The fourth-order valence-corrected chi connectivity index (χ4v) is 3.10. The molecule has 2 heterocycles. The van der Waals surface area contributed by atoms with Gasteiger partial charge < -0.3 is 19.7 Å². The zero-order valence-corrected chi connectivity index (χ0v) is 12.3. The summed E-state index contributed by atoms with van der Waals surface area (Å²) in [5, 5.41) is 20.8. The van der Waals surface area contributed by atoms with Crippen LogP contribution >= 0.6 is 0 Å². The lowest BCUT2D eigenvalue weighted by atomic mass is 9.81. The first kappa shape index (κ1) is 14.2. The number of rotatable bonds is 0. The second kappa shape index (κ2) is 3.91. The van der Waals surface area contributed by atoms with E-state index in [9.17, 15) is 15.0 Å². The van der Waals surface area contributed by atoms with Gasteiger partial charge in [0.25, 0.3) is 0 Å². The quantitative estimate of drug-likeness (QED) is 0.635. The predicted octanol–water partition coefficient (Wildman–Crippen LogP) is 0.578. The van der Waals surface area contributed by atoms with Crippen molar-refractivity contribution in [3.8, 4) is 0 Å². The summed E-state index contributed by atoms with van der Waals surface area (Å²) in [6.45, 7) is 7.12. The number of aliphatic hydroxyl groups is 2. The Morgan fingerprint density at radius 3 is 2.55 bits per heavy atom. The highest BCUT2D eigenvalue weighted by molar-refractivity contribution is 5.96. The number of aliphatic hydroxyl groups excluding tert-OH is 1. The van der Waals surface area contributed by atoms with E-state index >= 15 is 0 Å². The molecule has 0 unspecified atom stereocenters. The SMILES string of the molecule is CC1(C)/C=C/C(=O)[C@@](C)(O)C[C@H]2O[C@H]2[C@@]2(C)O[C@@H]2[C@H]1O. The summed E-state index contributed by atoms with van der Waals surface area (Å²) in [5.74, 6) is -0.353. The molecule has 2 aliphatic heterocycles. The van der Waals surface area contributed by atoms with Crippen molar-refractivity contribution >= 4 is 5.78 Å². The number of carbonyl (C=O) groups is 1. The molecule has 3 rings (SSSR count). The third-order valence-electron chi connectivity index (χ3n) is 4.88. The maximum absolute atomic E-state index is 12.1. The first-order valence-electron chi connectivity index (χ1n) is 7.05. The number of hydrogen-bond donors (Lipinski definition) is 2. The lowest BCUT2D eigenvalue weighted by Crippen LogP contribution is -2.37. The number of ether oxygens (including phenoxy) is 2. The molecule has 1 aliphatic carbocycles. The van der Waals surface area contributed by atoms with E-state index in [1.165, 1.54) is 13.0 Å². The van der Waals surface area contributed by atoms with Crippen molar-refractivity contribution in [1.82, 2.24) is 0 Å². The topological polar surface area (TPSA) is 82.6 Å². The smallest absolute Gasteiger partial charge is 0.186 e. The molecule has 2 saturated heterocycles.